The van der Waals surface area contributed by atoms with Crippen LogP contribution >= 0.6 is 0 Å². The van der Waals surface area contributed by atoms with Crippen LogP contribution in [0.4, 0.5) is 0 Å². The zero-order chi connectivity index (χ0) is 14.7. The van der Waals surface area contributed by atoms with Crippen LogP contribution in [0.3, 0.4) is 0 Å². The minimum Gasteiger partial charge on any atom is -0.493 e. The molecule has 112 valence electrons. The Kier molecular flexibility index (Phi) is 4.10. The van der Waals surface area contributed by atoms with Crippen molar-refractivity contribution < 1.29 is 9.47 Å². The fourth-order valence-corrected chi connectivity index (χ4v) is 2.64. The van der Waals surface area contributed by atoms with Gasteiger partial charge in [0.1, 0.15) is 0 Å². The van der Waals surface area contributed by atoms with E-state index in [1.54, 1.807) is 14.2 Å². The van der Waals surface area contributed by atoms with Gasteiger partial charge in [0.25, 0.3) is 0 Å². The molecule has 0 saturated carbocycles. The Balaban J connectivity index is 1.69. The second kappa shape index (κ2) is 6.18. The van der Waals surface area contributed by atoms with Gasteiger partial charge in [-0.1, -0.05) is 6.07 Å². The van der Waals surface area contributed by atoms with Gasteiger partial charge in [0.05, 0.1) is 20.5 Å². The first-order valence-corrected chi connectivity index (χ1v) is 7.23. The summed E-state index contributed by atoms with van der Waals surface area (Å²) in [4.78, 5) is 4.29. The number of ether oxygens (including phenoxy) is 2. The van der Waals surface area contributed by atoms with E-state index in [2.05, 4.69) is 20.9 Å². The van der Waals surface area contributed by atoms with Gasteiger partial charge in [0.2, 0.25) is 0 Å². The first-order chi connectivity index (χ1) is 10.3. The molecule has 0 atom stereocenters. The summed E-state index contributed by atoms with van der Waals surface area (Å²) in [5, 5.41) is 3.31. The fraction of sp³-hybridized carbons (Fsp3) is 0.438. The number of nitrogens with one attached hydrogen (secondary N) is 1. The van der Waals surface area contributed by atoms with Crippen molar-refractivity contribution in [3.05, 3.63) is 42.0 Å². The van der Waals surface area contributed by atoms with Gasteiger partial charge in [0, 0.05) is 37.4 Å². The summed E-state index contributed by atoms with van der Waals surface area (Å²) in [5.41, 5.74) is 2.56. The molecule has 1 fully saturated rings. The van der Waals surface area contributed by atoms with E-state index < -0.39 is 0 Å². The molecule has 1 aliphatic rings. The zero-order valence-electron chi connectivity index (χ0n) is 12.5. The molecule has 0 amide bonds. The number of aromatic nitrogens is 2. The SMILES string of the molecule is COc1ccc(CCn2cncc2C2CNC2)cc1OC. The number of methoxy groups -OCH3 is 2. The molecule has 0 bridgehead atoms. The second-order valence-corrected chi connectivity index (χ2v) is 5.31. The van der Waals surface area contributed by atoms with E-state index >= 15 is 0 Å². The zero-order valence-corrected chi connectivity index (χ0v) is 12.5. The number of hydrogen-bond acceptors (Lipinski definition) is 4. The third-order valence-corrected chi connectivity index (χ3v) is 4.03. The minimum atomic E-state index is 0.609. The molecular formula is C16H21N3O2. The molecule has 1 aromatic carbocycles. The van der Waals surface area contributed by atoms with Gasteiger partial charge < -0.3 is 19.4 Å². The van der Waals surface area contributed by atoms with Crippen LogP contribution in [0.1, 0.15) is 17.2 Å². The first kappa shape index (κ1) is 13.9. The van der Waals surface area contributed by atoms with E-state index in [1.807, 2.05) is 24.7 Å². The quantitative estimate of drug-likeness (QED) is 0.880. The average Bonchev–Trinajstić information content (AvgIpc) is 2.91. The molecule has 1 N–H and O–H groups in total. The molecule has 2 heterocycles. The highest BCUT2D eigenvalue weighted by Crippen LogP contribution is 2.28. The molecule has 3 rings (SSSR count). The minimum absolute atomic E-state index is 0.609. The highest BCUT2D eigenvalue weighted by molar-refractivity contribution is 5.42. The number of imidazole rings is 1. The highest BCUT2D eigenvalue weighted by atomic mass is 16.5. The predicted molar refractivity (Wildman–Crippen MR) is 81.1 cm³/mol. The van der Waals surface area contributed by atoms with E-state index in [0.717, 1.165) is 37.6 Å². The maximum absolute atomic E-state index is 5.35. The number of aryl methyl sites for hydroxylation is 2. The van der Waals surface area contributed by atoms with E-state index in [9.17, 15) is 0 Å². The number of benzene rings is 1. The van der Waals surface area contributed by atoms with Crippen molar-refractivity contribution in [2.24, 2.45) is 0 Å². The van der Waals surface area contributed by atoms with Crippen LogP contribution in [0.15, 0.2) is 30.7 Å². The molecule has 1 saturated heterocycles. The molecule has 1 aliphatic heterocycles. The second-order valence-electron chi connectivity index (χ2n) is 5.31. The molecule has 0 aliphatic carbocycles. The lowest BCUT2D eigenvalue weighted by atomic mass is 10.00. The van der Waals surface area contributed by atoms with Gasteiger partial charge in [0.15, 0.2) is 11.5 Å². The topological polar surface area (TPSA) is 48.3 Å². The molecule has 0 spiro atoms. The van der Waals surface area contributed by atoms with Crippen LogP contribution in [0.5, 0.6) is 11.5 Å². The Labute approximate surface area is 124 Å². The molecule has 2 aromatic rings. The van der Waals surface area contributed by atoms with E-state index in [0.29, 0.717) is 5.92 Å². The van der Waals surface area contributed by atoms with Gasteiger partial charge >= 0.3 is 0 Å². The summed E-state index contributed by atoms with van der Waals surface area (Å²) < 4.78 is 12.9. The van der Waals surface area contributed by atoms with Gasteiger partial charge in [-0.15, -0.1) is 0 Å². The molecule has 5 nitrogen and oxygen atoms in total. The normalized spacial score (nSPS) is 14.8. The third-order valence-electron chi connectivity index (χ3n) is 4.03. The number of hydrogen-bond donors (Lipinski definition) is 1. The van der Waals surface area contributed by atoms with Crippen molar-refractivity contribution in [2.45, 2.75) is 18.9 Å². The van der Waals surface area contributed by atoms with Crippen LogP contribution in [0, 0.1) is 0 Å². The first-order valence-electron chi connectivity index (χ1n) is 7.23. The van der Waals surface area contributed by atoms with Crippen molar-refractivity contribution >= 4 is 0 Å². The Morgan fingerprint density at radius 1 is 1.24 bits per heavy atom. The van der Waals surface area contributed by atoms with E-state index in [1.165, 1.54) is 11.3 Å². The lowest BCUT2D eigenvalue weighted by molar-refractivity contribution is 0.354. The summed E-state index contributed by atoms with van der Waals surface area (Å²) >= 11 is 0. The van der Waals surface area contributed by atoms with Gasteiger partial charge in [-0.05, 0) is 24.1 Å². The van der Waals surface area contributed by atoms with Crippen LogP contribution in [-0.2, 0) is 13.0 Å². The van der Waals surface area contributed by atoms with Crippen LogP contribution in [0.25, 0.3) is 0 Å². The van der Waals surface area contributed by atoms with Crippen LogP contribution < -0.4 is 14.8 Å². The van der Waals surface area contributed by atoms with E-state index in [-0.39, 0.29) is 0 Å². The van der Waals surface area contributed by atoms with Gasteiger partial charge in [-0.2, -0.15) is 0 Å². The lowest BCUT2D eigenvalue weighted by Gasteiger charge is -2.27. The Morgan fingerprint density at radius 2 is 2.05 bits per heavy atom. The summed E-state index contributed by atoms with van der Waals surface area (Å²) in [5.74, 6) is 2.16. The molecule has 0 radical (unpaired) electrons. The Hall–Kier alpha value is -2.01. The standard InChI is InChI=1S/C16H21N3O2/c1-20-15-4-3-12(7-16(15)21-2)5-6-19-11-18-10-14(19)13-8-17-9-13/h3-4,7,10-11,13,17H,5-6,8-9H2,1-2H3. The molecular weight excluding hydrogens is 266 g/mol. The van der Waals surface area contributed by atoms with E-state index in [4.69, 9.17) is 9.47 Å². The Morgan fingerprint density at radius 3 is 2.71 bits per heavy atom. The van der Waals surface area contributed by atoms with Crippen molar-refractivity contribution in [1.82, 2.24) is 14.9 Å². The smallest absolute Gasteiger partial charge is 0.160 e. The van der Waals surface area contributed by atoms with Crippen molar-refractivity contribution in [1.29, 1.82) is 0 Å². The van der Waals surface area contributed by atoms with Crippen molar-refractivity contribution in [3.8, 4) is 11.5 Å². The summed E-state index contributed by atoms with van der Waals surface area (Å²) in [7, 11) is 3.32. The van der Waals surface area contributed by atoms with Gasteiger partial charge in [-0.3, -0.25) is 0 Å². The maximum atomic E-state index is 5.35. The maximum Gasteiger partial charge on any atom is 0.160 e. The molecule has 1 aromatic heterocycles. The van der Waals surface area contributed by atoms with Crippen LogP contribution in [-0.4, -0.2) is 36.9 Å². The summed E-state index contributed by atoms with van der Waals surface area (Å²) in [6, 6.07) is 6.09. The largest absolute Gasteiger partial charge is 0.493 e. The van der Waals surface area contributed by atoms with Crippen molar-refractivity contribution in [2.75, 3.05) is 27.3 Å². The summed E-state index contributed by atoms with van der Waals surface area (Å²) in [6.45, 7) is 3.05. The molecule has 5 heteroatoms. The van der Waals surface area contributed by atoms with Crippen LogP contribution in [0.2, 0.25) is 0 Å². The highest BCUT2D eigenvalue weighted by Gasteiger charge is 2.22. The van der Waals surface area contributed by atoms with Crippen molar-refractivity contribution in [3.63, 3.8) is 0 Å². The Bertz CT molecular complexity index is 605. The lowest BCUT2D eigenvalue weighted by Crippen LogP contribution is -2.40. The predicted octanol–water partition coefficient (Wildman–Crippen LogP) is 1.83. The van der Waals surface area contributed by atoms with Gasteiger partial charge in [-0.25, -0.2) is 4.98 Å². The number of nitrogens with zero attached hydrogens (tertiary/aromatic N) is 2. The molecule has 21 heavy (non-hydrogen) atoms. The molecule has 0 unspecified atom stereocenters. The number of rotatable bonds is 6. The third kappa shape index (κ3) is 2.88. The average molecular weight is 287 g/mol. The monoisotopic (exact) mass is 287 g/mol. The summed E-state index contributed by atoms with van der Waals surface area (Å²) in [6.07, 6.45) is 4.86. The fourth-order valence-electron chi connectivity index (χ4n) is 2.64.